The lowest BCUT2D eigenvalue weighted by Crippen LogP contribution is -2.27. The normalized spacial score (nSPS) is 12.4. The van der Waals surface area contributed by atoms with Crippen LogP contribution in [0, 0.1) is 13.8 Å². The molecule has 0 unspecified atom stereocenters. The van der Waals surface area contributed by atoms with Crippen molar-refractivity contribution in [3.05, 3.63) is 34.9 Å². The number of carboxylic acids is 1. The molecule has 1 N–H and O–H groups in total. The highest BCUT2D eigenvalue weighted by atomic mass is 16.5. The molecule has 0 aromatic heterocycles. The van der Waals surface area contributed by atoms with Crippen molar-refractivity contribution in [2.45, 2.75) is 46.1 Å². The number of rotatable bonds is 7. The van der Waals surface area contributed by atoms with E-state index in [1.807, 2.05) is 32.0 Å². The Kier molecular flexibility index (Phi) is 5.86. The average molecular weight is 250 g/mol. The third-order valence-corrected chi connectivity index (χ3v) is 3.00. The number of carbonyl (C=O) groups is 1. The van der Waals surface area contributed by atoms with E-state index in [1.54, 1.807) is 0 Å². The highest BCUT2D eigenvalue weighted by Crippen LogP contribution is 2.14. The third-order valence-electron chi connectivity index (χ3n) is 3.00. The largest absolute Gasteiger partial charge is 0.479 e. The first-order valence-corrected chi connectivity index (χ1v) is 6.45. The molecule has 0 radical (unpaired) electrons. The Morgan fingerprint density at radius 1 is 1.39 bits per heavy atom. The molecular weight excluding hydrogens is 228 g/mol. The minimum Gasteiger partial charge on any atom is -0.479 e. The lowest BCUT2D eigenvalue weighted by atomic mass is 10.00. The van der Waals surface area contributed by atoms with E-state index in [-0.39, 0.29) is 0 Å². The highest BCUT2D eigenvalue weighted by molar-refractivity contribution is 5.72. The van der Waals surface area contributed by atoms with Gasteiger partial charge in [-0.05, 0) is 31.4 Å². The van der Waals surface area contributed by atoms with Gasteiger partial charge >= 0.3 is 5.97 Å². The molecule has 0 aliphatic heterocycles. The first kappa shape index (κ1) is 14.7. The predicted molar refractivity (Wildman–Crippen MR) is 71.9 cm³/mol. The summed E-state index contributed by atoms with van der Waals surface area (Å²) in [5.74, 6) is -0.882. The number of benzene rings is 1. The van der Waals surface area contributed by atoms with Gasteiger partial charge in [0.1, 0.15) is 0 Å². The summed E-state index contributed by atoms with van der Waals surface area (Å²) in [5.41, 5.74) is 3.32. The highest BCUT2D eigenvalue weighted by Gasteiger charge is 2.19. The fourth-order valence-electron chi connectivity index (χ4n) is 1.81. The number of hydrogen-bond donors (Lipinski definition) is 1. The Morgan fingerprint density at radius 3 is 2.72 bits per heavy atom. The van der Waals surface area contributed by atoms with Crippen LogP contribution in [0.2, 0.25) is 0 Å². The zero-order valence-corrected chi connectivity index (χ0v) is 11.4. The zero-order valence-electron chi connectivity index (χ0n) is 11.4. The molecule has 1 aromatic rings. The van der Waals surface area contributed by atoms with Crippen molar-refractivity contribution in [3.63, 3.8) is 0 Å². The summed E-state index contributed by atoms with van der Waals surface area (Å²) in [5, 5.41) is 9.17. The second-order valence-corrected chi connectivity index (χ2v) is 4.69. The van der Waals surface area contributed by atoms with Crippen LogP contribution in [0.3, 0.4) is 0 Å². The predicted octanol–water partition coefficient (Wildman–Crippen LogP) is 3.12. The lowest BCUT2D eigenvalue weighted by Gasteiger charge is -2.15. The van der Waals surface area contributed by atoms with Crippen LogP contribution in [0.4, 0.5) is 0 Å². The number of unbranched alkanes of at least 4 members (excludes halogenated alkanes) is 1. The Morgan fingerprint density at radius 2 is 2.11 bits per heavy atom. The molecule has 0 saturated carbocycles. The van der Waals surface area contributed by atoms with Gasteiger partial charge in [-0.1, -0.05) is 37.1 Å². The maximum atomic E-state index is 11.2. The van der Waals surface area contributed by atoms with Crippen LogP contribution in [0.15, 0.2) is 18.2 Å². The molecule has 0 aliphatic rings. The van der Waals surface area contributed by atoms with Crippen LogP contribution < -0.4 is 0 Å². The molecule has 0 bridgehead atoms. The number of hydrogen-bond acceptors (Lipinski definition) is 2. The number of carboxylic acid groups (broad SMARTS) is 1. The van der Waals surface area contributed by atoms with Crippen molar-refractivity contribution >= 4 is 5.97 Å². The molecule has 18 heavy (non-hydrogen) atoms. The fraction of sp³-hybridized carbons (Fsp3) is 0.533. The van der Waals surface area contributed by atoms with Crippen LogP contribution in [-0.2, 0) is 16.0 Å². The molecule has 100 valence electrons. The van der Waals surface area contributed by atoms with E-state index in [9.17, 15) is 4.79 Å². The van der Waals surface area contributed by atoms with Gasteiger partial charge < -0.3 is 9.84 Å². The van der Waals surface area contributed by atoms with Crippen molar-refractivity contribution in [2.75, 3.05) is 6.61 Å². The van der Waals surface area contributed by atoms with E-state index in [0.29, 0.717) is 13.0 Å². The molecule has 1 aromatic carbocycles. The van der Waals surface area contributed by atoms with Crippen molar-refractivity contribution in [2.24, 2.45) is 0 Å². The van der Waals surface area contributed by atoms with Gasteiger partial charge in [-0.25, -0.2) is 4.79 Å². The summed E-state index contributed by atoms with van der Waals surface area (Å²) in [6.45, 7) is 6.58. The molecule has 0 heterocycles. The maximum absolute atomic E-state index is 11.2. The molecule has 0 amide bonds. The molecule has 0 fully saturated rings. The fourth-order valence-corrected chi connectivity index (χ4v) is 1.81. The van der Waals surface area contributed by atoms with Gasteiger partial charge in [-0.15, -0.1) is 0 Å². The molecular formula is C15H22O3. The molecule has 1 atom stereocenters. The zero-order chi connectivity index (χ0) is 13.5. The summed E-state index contributed by atoms with van der Waals surface area (Å²) in [6.07, 6.45) is 1.61. The summed E-state index contributed by atoms with van der Waals surface area (Å²) >= 11 is 0. The van der Waals surface area contributed by atoms with Gasteiger partial charge in [0.2, 0.25) is 0 Å². The number of aryl methyl sites for hydroxylation is 2. The van der Waals surface area contributed by atoms with E-state index >= 15 is 0 Å². The maximum Gasteiger partial charge on any atom is 0.333 e. The molecule has 1 rings (SSSR count). The molecule has 3 heteroatoms. The molecule has 0 saturated heterocycles. The molecule has 3 nitrogen and oxygen atoms in total. The van der Waals surface area contributed by atoms with Gasteiger partial charge in [-0.3, -0.25) is 0 Å². The summed E-state index contributed by atoms with van der Waals surface area (Å²) in [4.78, 5) is 11.2. The minimum atomic E-state index is -0.882. The van der Waals surface area contributed by atoms with Crippen molar-refractivity contribution < 1.29 is 14.6 Å². The average Bonchev–Trinajstić information content (AvgIpc) is 2.32. The van der Waals surface area contributed by atoms with Crippen LogP contribution in [-0.4, -0.2) is 23.8 Å². The van der Waals surface area contributed by atoms with Crippen molar-refractivity contribution in [1.82, 2.24) is 0 Å². The lowest BCUT2D eigenvalue weighted by molar-refractivity contribution is -0.150. The van der Waals surface area contributed by atoms with Gasteiger partial charge in [0.15, 0.2) is 6.10 Å². The van der Waals surface area contributed by atoms with Gasteiger partial charge in [0.05, 0.1) is 0 Å². The first-order valence-electron chi connectivity index (χ1n) is 6.45. The third kappa shape index (κ3) is 4.49. The van der Waals surface area contributed by atoms with Crippen LogP contribution in [0.5, 0.6) is 0 Å². The van der Waals surface area contributed by atoms with Crippen molar-refractivity contribution in [3.8, 4) is 0 Å². The monoisotopic (exact) mass is 250 g/mol. The SMILES string of the molecule is CCCCO[C@@H](Cc1cc(C)ccc1C)C(=O)O. The summed E-state index contributed by atoms with van der Waals surface area (Å²) in [6, 6.07) is 6.09. The number of ether oxygens (including phenoxy) is 1. The van der Waals surface area contributed by atoms with Crippen molar-refractivity contribution in [1.29, 1.82) is 0 Å². The van der Waals surface area contributed by atoms with Gasteiger partial charge in [0.25, 0.3) is 0 Å². The summed E-state index contributed by atoms with van der Waals surface area (Å²) in [7, 11) is 0. The Hall–Kier alpha value is -1.35. The quantitative estimate of drug-likeness (QED) is 0.756. The van der Waals surface area contributed by atoms with Crippen LogP contribution in [0.25, 0.3) is 0 Å². The Bertz CT molecular complexity index is 399. The van der Waals surface area contributed by atoms with E-state index < -0.39 is 12.1 Å². The Balaban J connectivity index is 2.70. The van der Waals surface area contributed by atoms with Gasteiger partial charge in [-0.2, -0.15) is 0 Å². The number of aliphatic carboxylic acids is 1. The topological polar surface area (TPSA) is 46.5 Å². The first-order chi connectivity index (χ1) is 8.54. The van der Waals surface area contributed by atoms with E-state index in [1.165, 1.54) is 0 Å². The van der Waals surface area contributed by atoms with Crippen LogP contribution >= 0.6 is 0 Å². The molecule has 0 aliphatic carbocycles. The van der Waals surface area contributed by atoms with E-state index in [0.717, 1.165) is 29.5 Å². The summed E-state index contributed by atoms with van der Waals surface area (Å²) < 4.78 is 5.44. The smallest absolute Gasteiger partial charge is 0.333 e. The van der Waals surface area contributed by atoms with Crippen LogP contribution in [0.1, 0.15) is 36.5 Å². The van der Waals surface area contributed by atoms with Gasteiger partial charge in [0, 0.05) is 13.0 Å². The molecule has 0 spiro atoms. The minimum absolute atomic E-state index is 0.437. The Labute approximate surface area is 109 Å². The standard InChI is InChI=1S/C15H22O3/c1-4-5-8-18-14(15(16)17)10-13-9-11(2)6-7-12(13)3/h6-7,9,14H,4-5,8,10H2,1-3H3,(H,16,17)/t14-/m0/s1. The van der Waals surface area contributed by atoms with E-state index in [2.05, 4.69) is 6.92 Å². The second-order valence-electron chi connectivity index (χ2n) is 4.69. The van der Waals surface area contributed by atoms with E-state index in [4.69, 9.17) is 9.84 Å². The second kappa shape index (κ2) is 7.17.